The highest BCUT2D eigenvalue weighted by Gasteiger charge is 2.35. The van der Waals surface area contributed by atoms with Gasteiger partial charge in [-0.2, -0.15) is 5.10 Å². The molecule has 0 bridgehead atoms. The van der Waals surface area contributed by atoms with Crippen LogP contribution in [0.2, 0.25) is 0 Å². The monoisotopic (exact) mass is 431 g/mol. The highest BCUT2D eigenvalue weighted by Crippen LogP contribution is 2.33. The first kappa shape index (κ1) is 19.9. The molecule has 9 heteroatoms. The normalized spacial score (nSPS) is 20.0. The summed E-state index contributed by atoms with van der Waals surface area (Å²) in [5.41, 5.74) is 4.24. The van der Waals surface area contributed by atoms with Gasteiger partial charge in [0.1, 0.15) is 5.75 Å². The summed E-state index contributed by atoms with van der Waals surface area (Å²) < 4.78 is 7.34. The number of amides is 1. The number of aryl methyl sites for hydroxylation is 1. The smallest absolute Gasteiger partial charge is 0.231 e. The standard InChI is InChI=1S/C20H21N5O2S.ClH/c1-25-10-14(7-22-25)15-8-21-9-16(15)19(26)24-20-23-17(11-28-20)12-2-3-18-13(6-12)4-5-27-18;/h2-3,6-7,10-11,15-16,21H,4-5,8-9H2,1H3,(H,23,24,26);1H/t15-,16+;/m1./s1. The molecule has 1 aromatic carbocycles. The van der Waals surface area contributed by atoms with Crippen LogP contribution in [0.15, 0.2) is 36.0 Å². The quantitative estimate of drug-likeness (QED) is 0.663. The largest absolute Gasteiger partial charge is 0.493 e. The third kappa shape index (κ3) is 3.88. The van der Waals surface area contributed by atoms with Gasteiger partial charge in [0.05, 0.1) is 24.4 Å². The van der Waals surface area contributed by atoms with Gasteiger partial charge in [-0.05, 0) is 29.3 Å². The number of carbonyl (C=O) groups is 1. The van der Waals surface area contributed by atoms with Crippen molar-refractivity contribution in [2.24, 2.45) is 13.0 Å². The third-order valence-electron chi connectivity index (χ3n) is 5.42. The number of nitrogens with one attached hydrogen (secondary N) is 2. The number of hydrogen-bond donors (Lipinski definition) is 2. The van der Waals surface area contributed by atoms with Gasteiger partial charge in [0, 0.05) is 49.6 Å². The van der Waals surface area contributed by atoms with Gasteiger partial charge >= 0.3 is 0 Å². The zero-order valence-electron chi connectivity index (χ0n) is 15.9. The summed E-state index contributed by atoms with van der Waals surface area (Å²) in [7, 11) is 1.89. The van der Waals surface area contributed by atoms with E-state index in [1.165, 1.54) is 16.9 Å². The van der Waals surface area contributed by atoms with E-state index in [-0.39, 0.29) is 30.2 Å². The fraction of sp³-hybridized carbons (Fsp3) is 0.350. The summed E-state index contributed by atoms with van der Waals surface area (Å²) in [6, 6.07) is 6.14. The first-order chi connectivity index (χ1) is 13.7. The maximum atomic E-state index is 12.9. The van der Waals surface area contributed by atoms with Crippen LogP contribution in [-0.4, -0.2) is 40.4 Å². The summed E-state index contributed by atoms with van der Waals surface area (Å²) in [4.78, 5) is 17.5. The Labute approximate surface area is 178 Å². The molecule has 1 fully saturated rings. The van der Waals surface area contributed by atoms with E-state index in [9.17, 15) is 4.79 Å². The summed E-state index contributed by atoms with van der Waals surface area (Å²) in [6.07, 6.45) is 4.76. The van der Waals surface area contributed by atoms with Crippen LogP contribution >= 0.6 is 23.7 Å². The molecule has 2 aliphatic heterocycles. The average molecular weight is 432 g/mol. The maximum Gasteiger partial charge on any atom is 0.231 e. The van der Waals surface area contributed by atoms with Crippen molar-refractivity contribution in [2.45, 2.75) is 12.3 Å². The highest BCUT2D eigenvalue weighted by atomic mass is 35.5. The van der Waals surface area contributed by atoms with Gasteiger partial charge in [0.25, 0.3) is 0 Å². The Hall–Kier alpha value is -2.42. The topological polar surface area (TPSA) is 81.1 Å². The van der Waals surface area contributed by atoms with Crippen molar-refractivity contribution < 1.29 is 9.53 Å². The number of nitrogens with zero attached hydrogens (tertiary/aromatic N) is 3. The van der Waals surface area contributed by atoms with Crippen molar-refractivity contribution >= 4 is 34.8 Å². The molecular formula is C20H22ClN5O2S. The van der Waals surface area contributed by atoms with Gasteiger partial charge in [-0.3, -0.25) is 9.48 Å². The third-order valence-corrected chi connectivity index (χ3v) is 6.18. The first-order valence-electron chi connectivity index (χ1n) is 9.39. The van der Waals surface area contributed by atoms with E-state index in [0.29, 0.717) is 11.7 Å². The molecule has 2 N–H and O–H groups in total. The molecule has 0 saturated carbocycles. The van der Waals surface area contributed by atoms with Crippen LogP contribution in [0.3, 0.4) is 0 Å². The molecule has 3 aromatic rings. The van der Waals surface area contributed by atoms with E-state index in [1.807, 2.05) is 37.0 Å². The van der Waals surface area contributed by atoms with E-state index in [4.69, 9.17) is 4.74 Å². The Morgan fingerprint density at radius 2 is 2.28 bits per heavy atom. The molecule has 0 aliphatic carbocycles. The number of halogens is 1. The number of aromatic nitrogens is 3. The van der Waals surface area contributed by atoms with Crippen LogP contribution in [-0.2, 0) is 18.3 Å². The summed E-state index contributed by atoms with van der Waals surface area (Å²) in [5, 5.41) is 13.2. The van der Waals surface area contributed by atoms with Gasteiger partial charge in [0.2, 0.25) is 5.91 Å². The lowest BCUT2D eigenvalue weighted by Crippen LogP contribution is -2.28. The minimum atomic E-state index is -0.131. The van der Waals surface area contributed by atoms with Crippen LogP contribution < -0.4 is 15.4 Å². The number of fused-ring (bicyclic) bond motifs is 1. The van der Waals surface area contributed by atoms with E-state index in [2.05, 4.69) is 26.8 Å². The molecule has 4 heterocycles. The highest BCUT2D eigenvalue weighted by molar-refractivity contribution is 7.14. The lowest BCUT2D eigenvalue weighted by Gasteiger charge is -2.15. The lowest BCUT2D eigenvalue weighted by atomic mass is 9.90. The Morgan fingerprint density at radius 1 is 1.38 bits per heavy atom. The molecule has 2 atom stereocenters. The number of hydrogen-bond acceptors (Lipinski definition) is 6. The molecule has 29 heavy (non-hydrogen) atoms. The minimum absolute atomic E-state index is 0. The minimum Gasteiger partial charge on any atom is -0.493 e. The first-order valence-corrected chi connectivity index (χ1v) is 10.3. The van der Waals surface area contributed by atoms with Crippen LogP contribution in [0.25, 0.3) is 11.3 Å². The fourth-order valence-corrected chi connectivity index (χ4v) is 4.67. The van der Waals surface area contributed by atoms with E-state index in [1.54, 1.807) is 4.68 Å². The van der Waals surface area contributed by atoms with Crippen molar-refractivity contribution in [3.8, 4) is 17.0 Å². The Balaban J connectivity index is 0.00000205. The van der Waals surface area contributed by atoms with Gasteiger partial charge in [-0.25, -0.2) is 4.98 Å². The number of rotatable bonds is 4. The lowest BCUT2D eigenvalue weighted by molar-refractivity contribution is -0.119. The van der Waals surface area contributed by atoms with E-state index in [0.717, 1.165) is 42.1 Å². The summed E-state index contributed by atoms with van der Waals surface area (Å²) in [5.74, 6) is 0.961. The molecule has 5 rings (SSSR count). The molecule has 0 spiro atoms. The van der Waals surface area contributed by atoms with Crippen molar-refractivity contribution in [3.05, 3.63) is 47.1 Å². The number of carbonyl (C=O) groups excluding carboxylic acids is 1. The summed E-state index contributed by atoms with van der Waals surface area (Å²) >= 11 is 1.45. The number of anilines is 1. The second kappa shape index (κ2) is 8.14. The fourth-order valence-electron chi connectivity index (χ4n) is 3.94. The predicted molar refractivity (Wildman–Crippen MR) is 115 cm³/mol. The summed E-state index contributed by atoms with van der Waals surface area (Å²) in [6.45, 7) is 2.18. The predicted octanol–water partition coefficient (Wildman–Crippen LogP) is 2.84. The van der Waals surface area contributed by atoms with E-state index < -0.39 is 0 Å². The van der Waals surface area contributed by atoms with Crippen molar-refractivity contribution in [1.29, 1.82) is 0 Å². The SMILES string of the molecule is Cl.Cn1cc([C@H]2CNC[C@@H]2C(=O)Nc2nc(-c3ccc4c(c3)CCO4)cs2)cn1. The van der Waals surface area contributed by atoms with Gasteiger partial charge in [-0.1, -0.05) is 0 Å². The van der Waals surface area contributed by atoms with Gasteiger partial charge < -0.3 is 15.4 Å². The van der Waals surface area contributed by atoms with Crippen molar-refractivity contribution in [3.63, 3.8) is 0 Å². The molecule has 2 aromatic heterocycles. The van der Waals surface area contributed by atoms with E-state index >= 15 is 0 Å². The molecule has 2 aliphatic rings. The van der Waals surface area contributed by atoms with Gasteiger partial charge in [-0.15, -0.1) is 23.7 Å². The molecule has 1 amide bonds. The Kier molecular flexibility index (Phi) is 5.58. The second-order valence-electron chi connectivity index (χ2n) is 7.27. The molecule has 0 radical (unpaired) electrons. The van der Waals surface area contributed by atoms with Crippen LogP contribution in [0.5, 0.6) is 5.75 Å². The van der Waals surface area contributed by atoms with Crippen molar-refractivity contribution in [1.82, 2.24) is 20.1 Å². The van der Waals surface area contributed by atoms with Crippen LogP contribution in [0.1, 0.15) is 17.0 Å². The Bertz CT molecular complexity index is 1030. The van der Waals surface area contributed by atoms with Crippen LogP contribution in [0, 0.1) is 5.92 Å². The Morgan fingerprint density at radius 3 is 3.10 bits per heavy atom. The molecule has 0 unspecified atom stereocenters. The average Bonchev–Trinajstić information content (AvgIpc) is 3.47. The maximum absolute atomic E-state index is 12.9. The molecule has 152 valence electrons. The number of benzene rings is 1. The number of ether oxygens (including phenoxy) is 1. The zero-order valence-corrected chi connectivity index (χ0v) is 17.6. The molecular weight excluding hydrogens is 410 g/mol. The zero-order chi connectivity index (χ0) is 19.1. The van der Waals surface area contributed by atoms with Crippen molar-refractivity contribution in [2.75, 3.05) is 25.0 Å². The molecule has 7 nitrogen and oxygen atoms in total. The molecule has 1 saturated heterocycles. The number of thiazole rings is 1. The second-order valence-corrected chi connectivity index (χ2v) is 8.12. The van der Waals surface area contributed by atoms with Gasteiger partial charge in [0.15, 0.2) is 5.13 Å². The van der Waals surface area contributed by atoms with Crippen LogP contribution in [0.4, 0.5) is 5.13 Å².